The third-order valence-electron chi connectivity index (χ3n) is 7.47. The number of benzene rings is 1. The normalized spacial score (nSPS) is 18.7. The molecule has 1 aliphatic rings. The molecule has 2 rings (SSSR count). The zero-order valence-corrected chi connectivity index (χ0v) is 24.6. The average Bonchev–Trinajstić information content (AvgIpc) is 3.72. The summed E-state index contributed by atoms with van der Waals surface area (Å²) < 4.78 is 10.5. The van der Waals surface area contributed by atoms with Gasteiger partial charge in [-0.05, 0) is 73.0 Å². The first kappa shape index (κ1) is 32.1. The molecule has 0 aliphatic heterocycles. The Labute approximate surface area is 234 Å². The summed E-state index contributed by atoms with van der Waals surface area (Å²) in [7, 11) is 1.33. The zero-order valence-electron chi connectivity index (χ0n) is 24.6. The number of esters is 1. The lowest BCUT2D eigenvalue weighted by Crippen LogP contribution is -2.38. The van der Waals surface area contributed by atoms with Crippen molar-refractivity contribution in [3.8, 4) is 0 Å². The summed E-state index contributed by atoms with van der Waals surface area (Å²) in [6.07, 6.45) is 7.37. The highest BCUT2D eigenvalue weighted by Gasteiger charge is 2.41. The molecule has 0 heterocycles. The molecule has 2 unspecified atom stereocenters. The van der Waals surface area contributed by atoms with Gasteiger partial charge in [0.2, 0.25) is 11.8 Å². The fourth-order valence-electron chi connectivity index (χ4n) is 4.71. The summed E-state index contributed by atoms with van der Waals surface area (Å²) in [5.41, 5.74) is 2.82. The van der Waals surface area contributed by atoms with Gasteiger partial charge in [-0.2, -0.15) is 0 Å². The van der Waals surface area contributed by atoms with Crippen LogP contribution in [0.2, 0.25) is 0 Å². The highest BCUT2D eigenvalue weighted by Crippen LogP contribution is 2.52. The van der Waals surface area contributed by atoms with Gasteiger partial charge < -0.3 is 20.1 Å². The van der Waals surface area contributed by atoms with E-state index in [1.807, 2.05) is 26.8 Å². The average molecular weight is 541 g/mol. The fourth-order valence-corrected chi connectivity index (χ4v) is 4.71. The van der Waals surface area contributed by atoms with E-state index in [2.05, 4.69) is 55.3 Å². The van der Waals surface area contributed by atoms with Crippen LogP contribution in [0.3, 0.4) is 0 Å². The van der Waals surface area contributed by atoms with Crippen molar-refractivity contribution in [2.75, 3.05) is 20.2 Å². The van der Waals surface area contributed by atoms with Crippen LogP contribution in [0.5, 0.6) is 0 Å². The van der Waals surface area contributed by atoms with Gasteiger partial charge in [0.05, 0.1) is 19.4 Å². The fraction of sp³-hybridized carbons (Fsp3) is 0.594. The first-order chi connectivity index (χ1) is 18.5. The second-order valence-electron chi connectivity index (χ2n) is 11.2. The monoisotopic (exact) mass is 540 g/mol. The van der Waals surface area contributed by atoms with E-state index in [0.29, 0.717) is 29.9 Å². The van der Waals surface area contributed by atoms with Crippen molar-refractivity contribution in [3.63, 3.8) is 0 Å². The van der Waals surface area contributed by atoms with Crippen LogP contribution in [0.25, 0.3) is 0 Å². The van der Waals surface area contributed by atoms with Crippen molar-refractivity contribution >= 4 is 17.8 Å². The Morgan fingerprint density at radius 2 is 1.79 bits per heavy atom. The van der Waals surface area contributed by atoms with E-state index in [1.54, 1.807) is 0 Å². The summed E-state index contributed by atoms with van der Waals surface area (Å²) in [6, 6.07) is 9.02. The van der Waals surface area contributed by atoms with Crippen molar-refractivity contribution in [1.29, 1.82) is 0 Å². The van der Waals surface area contributed by atoms with Gasteiger partial charge in [0.15, 0.2) is 6.10 Å². The molecule has 216 valence electrons. The Hall–Kier alpha value is -3.09. The minimum atomic E-state index is -0.724. The molecule has 1 saturated carbocycles. The smallest absolute Gasteiger partial charge is 0.347 e. The molecule has 5 atom stereocenters. The maximum absolute atomic E-state index is 12.2. The number of nitrogens with one attached hydrogen (secondary N) is 2. The number of aryl methyl sites for hydroxylation is 1. The van der Waals surface area contributed by atoms with Gasteiger partial charge >= 0.3 is 5.97 Å². The Balaban J connectivity index is 1.62. The molecule has 0 saturated heterocycles. The van der Waals surface area contributed by atoms with Crippen LogP contribution < -0.4 is 10.6 Å². The van der Waals surface area contributed by atoms with Gasteiger partial charge in [-0.25, -0.2) is 4.79 Å². The largest absolute Gasteiger partial charge is 0.483 e. The number of rotatable bonds is 17. The van der Waals surface area contributed by atoms with E-state index in [4.69, 9.17) is 9.47 Å². The van der Waals surface area contributed by atoms with E-state index >= 15 is 0 Å². The molecule has 39 heavy (non-hydrogen) atoms. The van der Waals surface area contributed by atoms with Gasteiger partial charge in [-0.3, -0.25) is 9.59 Å². The lowest BCUT2D eigenvalue weighted by Gasteiger charge is -2.23. The summed E-state index contributed by atoms with van der Waals surface area (Å²) in [5, 5.41) is 5.39. The SMILES string of the molecule is C=C(O[C@@H](CC(C)C)C(=O)OC)[C@H](C)CNC(=O)CNC(=O)/C=C/CC[C@H](C)C1CC1c1ccc(CC)cc1. The predicted molar refractivity (Wildman–Crippen MR) is 155 cm³/mol. The summed E-state index contributed by atoms with van der Waals surface area (Å²) in [5.74, 6) is 1.39. The van der Waals surface area contributed by atoms with Crippen molar-refractivity contribution in [3.05, 3.63) is 59.9 Å². The third kappa shape index (κ3) is 11.3. The molecular weight excluding hydrogens is 492 g/mol. The number of amides is 2. The molecule has 1 aromatic rings. The first-order valence-electron chi connectivity index (χ1n) is 14.3. The second-order valence-corrected chi connectivity index (χ2v) is 11.2. The van der Waals surface area contributed by atoms with Gasteiger partial charge in [-0.15, -0.1) is 0 Å². The van der Waals surface area contributed by atoms with Crippen LogP contribution in [0.4, 0.5) is 0 Å². The maximum atomic E-state index is 12.2. The molecule has 2 amide bonds. The Bertz CT molecular complexity index is 985. The standard InChI is InChI=1S/C32H48N2O5/c1-8-25-13-15-26(16-14-25)28-18-27(28)22(4)11-9-10-12-30(35)34-20-31(36)33-19-23(5)24(6)39-29(17-21(2)3)32(37)38-7/h10,12-16,21-23,27-29H,6,8-9,11,17-20H2,1-5,7H3,(H,33,36)(H,34,35)/b12-10+/t22-,23+,27?,28?,29-/m0/s1. The number of hydrogen-bond donors (Lipinski definition) is 2. The predicted octanol–water partition coefficient (Wildman–Crippen LogP) is 5.31. The minimum absolute atomic E-state index is 0.113. The number of ether oxygens (including phenoxy) is 2. The van der Waals surface area contributed by atoms with E-state index in [1.165, 1.54) is 30.7 Å². The molecule has 7 heteroatoms. The van der Waals surface area contributed by atoms with E-state index in [9.17, 15) is 14.4 Å². The molecule has 0 aromatic heterocycles. The van der Waals surface area contributed by atoms with Gasteiger partial charge in [0.25, 0.3) is 0 Å². The molecule has 1 aliphatic carbocycles. The lowest BCUT2D eigenvalue weighted by atomic mass is 9.96. The molecular formula is C32H48N2O5. The minimum Gasteiger partial charge on any atom is -0.483 e. The Morgan fingerprint density at radius 3 is 2.41 bits per heavy atom. The molecule has 0 spiro atoms. The van der Waals surface area contributed by atoms with Crippen LogP contribution in [0.15, 0.2) is 48.8 Å². The number of hydrogen-bond acceptors (Lipinski definition) is 5. The van der Waals surface area contributed by atoms with E-state index in [0.717, 1.165) is 19.3 Å². The summed E-state index contributed by atoms with van der Waals surface area (Å²) in [4.78, 5) is 36.3. The van der Waals surface area contributed by atoms with Crippen molar-refractivity contribution in [2.24, 2.45) is 23.7 Å². The first-order valence-corrected chi connectivity index (χ1v) is 14.3. The molecule has 1 aromatic carbocycles. The van der Waals surface area contributed by atoms with Crippen LogP contribution in [-0.2, 0) is 30.3 Å². The molecule has 0 radical (unpaired) electrons. The van der Waals surface area contributed by atoms with Crippen LogP contribution in [-0.4, -0.2) is 44.1 Å². The lowest BCUT2D eigenvalue weighted by molar-refractivity contribution is -0.153. The summed E-state index contributed by atoms with van der Waals surface area (Å²) in [6.45, 7) is 14.4. The van der Waals surface area contributed by atoms with Crippen LogP contribution in [0.1, 0.15) is 77.3 Å². The topological polar surface area (TPSA) is 93.7 Å². The third-order valence-corrected chi connectivity index (χ3v) is 7.47. The highest BCUT2D eigenvalue weighted by molar-refractivity contribution is 5.91. The van der Waals surface area contributed by atoms with Gasteiger partial charge in [0, 0.05) is 12.5 Å². The molecule has 7 nitrogen and oxygen atoms in total. The maximum Gasteiger partial charge on any atom is 0.347 e. The highest BCUT2D eigenvalue weighted by atomic mass is 16.6. The van der Waals surface area contributed by atoms with E-state index < -0.39 is 12.1 Å². The number of carbonyl (C=O) groups is 3. The van der Waals surface area contributed by atoms with Crippen LogP contribution >= 0.6 is 0 Å². The Kier molecular flexibility index (Phi) is 13.3. The number of methoxy groups -OCH3 is 1. The van der Waals surface area contributed by atoms with E-state index in [-0.39, 0.29) is 36.7 Å². The van der Waals surface area contributed by atoms with Crippen molar-refractivity contribution in [2.45, 2.75) is 78.7 Å². The molecule has 2 N–H and O–H groups in total. The summed E-state index contributed by atoms with van der Waals surface area (Å²) >= 11 is 0. The Morgan fingerprint density at radius 1 is 1.10 bits per heavy atom. The van der Waals surface area contributed by atoms with Crippen molar-refractivity contribution in [1.82, 2.24) is 10.6 Å². The molecule has 0 bridgehead atoms. The van der Waals surface area contributed by atoms with Gasteiger partial charge in [-0.1, -0.05) is 71.5 Å². The molecule has 1 fully saturated rings. The number of carbonyl (C=O) groups excluding carboxylic acids is 3. The van der Waals surface area contributed by atoms with Crippen molar-refractivity contribution < 1.29 is 23.9 Å². The quantitative estimate of drug-likeness (QED) is 0.159. The number of allylic oxidation sites excluding steroid dienone is 1. The van der Waals surface area contributed by atoms with Crippen LogP contribution in [0, 0.1) is 23.7 Å². The van der Waals surface area contributed by atoms with Gasteiger partial charge in [0.1, 0.15) is 0 Å². The zero-order chi connectivity index (χ0) is 28.9. The second kappa shape index (κ2) is 16.1.